The molecule has 4 heteroatoms. The molecule has 0 aromatic carbocycles. The summed E-state index contributed by atoms with van der Waals surface area (Å²) < 4.78 is 0. The molecule has 0 aromatic heterocycles. The topological polar surface area (TPSA) is 57.6 Å². The lowest BCUT2D eigenvalue weighted by Crippen LogP contribution is -2.38. The Bertz CT molecular complexity index is 384. The summed E-state index contributed by atoms with van der Waals surface area (Å²) >= 11 is 0. The molecular weight excluding hydrogens is 206 g/mol. The number of fused-ring (bicyclic) bond motifs is 1. The van der Waals surface area contributed by atoms with E-state index in [1.165, 1.54) is 0 Å². The van der Waals surface area contributed by atoms with Crippen LogP contribution in [0.3, 0.4) is 0 Å². The van der Waals surface area contributed by atoms with Gasteiger partial charge in [-0.3, -0.25) is 9.59 Å². The van der Waals surface area contributed by atoms with Gasteiger partial charge < -0.3 is 10.0 Å². The van der Waals surface area contributed by atoms with Crippen molar-refractivity contribution in [1.82, 2.24) is 4.90 Å². The molecule has 0 fully saturated rings. The molecule has 0 bridgehead atoms. The average molecular weight is 221 g/mol. The van der Waals surface area contributed by atoms with Crippen LogP contribution in [0, 0.1) is 5.92 Å². The molecule has 1 N–H and O–H groups in total. The van der Waals surface area contributed by atoms with E-state index >= 15 is 0 Å². The van der Waals surface area contributed by atoms with Crippen molar-refractivity contribution in [3.05, 3.63) is 23.4 Å². The van der Waals surface area contributed by atoms with Crippen LogP contribution in [0.5, 0.6) is 0 Å². The molecule has 1 heterocycles. The molecule has 0 aromatic rings. The highest BCUT2D eigenvalue weighted by Crippen LogP contribution is 2.39. The number of hydrogen-bond acceptors (Lipinski definition) is 3. The molecule has 2 aliphatic rings. The zero-order chi connectivity index (χ0) is 11.7. The summed E-state index contributed by atoms with van der Waals surface area (Å²) in [5.74, 6) is -0.665. The van der Waals surface area contributed by atoms with Crippen LogP contribution in [0.25, 0.3) is 0 Å². The van der Waals surface area contributed by atoms with Gasteiger partial charge in [-0.2, -0.15) is 0 Å². The maximum atomic E-state index is 11.0. The van der Waals surface area contributed by atoms with E-state index in [0.29, 0.717) is 0 Å². The molecule has 16 heavy (non-hydrogen) atoms. The number of carbonyl (C=O) groups excluding carboxylic acids is 1. The number of hydrogen-bond donors (Lipinski definition) is 1. The highest BCUT2D eigenvalue weighted by molar-refractivity contribution is 5.78. The number of carbonyl (C=O) groups is 2. The lowest BCUT2D eigenvalue weighted by molar-refractivity contribution is -0.138. The van der Waals surface area contributed by atoms with Crippen molar-refractivity contribution in [3.63, 3.8) is 0 Å². The molecule has 86 valence electrons. The molecule has 4 nitrogen and oxygen atoms in total. The summed E-state index contributed by atoms with van der Waals surface area (Å²) in [5.41, 5.74) is 1.60. The van der Waals surface area contributed by atoms with Crippen molar-refractivity contribution >= 4 is 12.3 Å². The summed E-state index contributed by atoms with van der Waals surface area (Å²) in [7, 11) is 0. The summed E-state index contributed by atoms with van der Waals surface area (Å²) in [4.78, 5) is 23.7. The Hall–Kier alpha value is -1.58. The van der Waals surface area contributed by atoms with Gasteiger partial charge >= 0.3 is 5.97 Å². The summed E-state index contributed by atoms with van der Waals surface area (Å²) in [6.07, 6.45) is 6.69. The summed E-state index contributed by atoms with van der Waals surface area (Å²) in [6.45, 7) is 1.82. The van der Waals surface area contributed by atoms with Gasteiger partial charge in [-0.05, 0) is 19.8 Å². The molecule has 1 aliphatic carbocycles. The average Bonchev–Trinajstić information content (AvgIpc) is 2.52. The summed E-state index contributed by atoms with van der Waals surface area (Å²) in [5, 5.41) is 8.87. The van der Waals surface area contributed by atoms with Gasteiger partial charge in [-0.25, -0.2) is 0 Å². The number of allylic oxidation sites excluding steroid dienone is 2. The minimum atomic E-state index is -0.847. The van der Waals surface area contributed by atoms with Crippen LogP contribution in [0.2, 0.25) is 0 Å². The molecule has 2 unspecified atom stereocenters. The molecule has 0 radical (unpaired) electrons. The van der Waals surface area contributed by atoms with Crippen LogP contribution >= 0.6 is 0 Å². The SMILES string of the molecule is CC1=C(C=O)C2CC=CCC2N1CC(=O)O. The van der Waals surface area contributed by atoms with Crippen LogP contribution in [0.1, 0.15) is 19.8 Å². The number of nitrogens with zero attached hydrogens (tertiary/aromatic N) is 1. The summed E-state index contributed by atoms with van der Waals surface area (Å²) in [6, 6.07) is 0.154. The Kier molecular flexibility index (Phi) is 2.81. The maximum absolute atomic E-state index is 11.0. The number of carboxylic acid groups (broad SMARTS) is 1. The first-order chi connectivity index (χ1) is 7.65. The number of aldehydes is 1. The fourth-order valence-electron chi connectivity index (χ4n) is 2.72. The fourth-order valence-corrected chi connectivity index (χ4v) is 2.72. The van der Waals surface area contributed by atoms with Crippen molar-refractivity contribution in [2.24, 2.45) is 5.92 Å². The fraction of sp³-hybridized carbons (Fsp3) is 0.500. The van der Waals surface area contributed by atoms with Crippen molar-refractivity contribution in [2.45, 2.75) is 25.8 Å². The third-order valence-corrected chi connectivity index (χ3v) is 3.48. The van der Waals surface area contributed by atoms with Crippen LogP contribution in [0.15, 0.2) is 23.4 Å². The Morgan fingerprint density at radius 2 is 2.25 bits per heavy atom. The lowest BCUT2D eigenvalue weighted by atomic mass is 9.86. The molecule has 1 aliphatic heterocycles. The Balaban J connectivity index is 2.30. The van der Waals surface area contributed by atoms with Crippen LogP contribution in [-0.2, 0) is 9.59 Å². The first-order valence-corrected chi connectivity index (χ1v) is 5.44. The molecule has 0 spiro atoms. The van der Waals surface area contributed by atoms with Gasteiger partial charge in [0.1, 0.15) is 12.8 Å². The second-order valence-electron chi connectivity index (χ2n) is 4.30. The minimum Gasteiger partial charge on any atom is -0.480 e. The minimum absolute atomic E-state index is 0.0157. The van der Waals surface area contributed by atoms with E-state index in [1.807, 2.05) is 11.8 Å². The van der Waals surface area contributed by atoms with E-state index < -0.39 is 5.97 Å². The van der Waals surface area contributed by atoms with Crippen molar-refractivity contribution in [2.75, 3.05) is 6.54 Å². The van der Waals surface area contributed by atoms with Crippen LogP contribution in [-0.4, -0.2) is 34.8 Å². The van der Waals surface area contributed by atoms with Gasteiger partial charge in [-0.15, -0.1) is 0 Å². The number of aliphatic carboxylic acids is 1. The normalized spacial score (nSPS) is 28.2. The van der Waals surface area contributed by atoms with E-state index in [4.69, 9.17) is 5.11 Å². The Labute approximate surface area is 94.2 Å². The van der Waals surface area contributed by atoms with Gasteiger partial charge in [-0.1, -0.05) is 12.2 Å². The first-order valence-electron chi connectivity index (χ1n) is 5.44. The second-order valence-corrected chi connectivity index (χ2v) is 4.30. The van der Waals surface area contributed by atoms with Gasteiger partial charge in [0.05, 0.1) is 0 Å². The first kappa shape index (κ1) is 10.9. The third-order valence-electron chi connectivity index (χ3n) is 3.48. The van der Waals surface area contributed by atoms with Gasteiger partial charge in [0, 0.05) is 23.2 Å². The van der Waals surface area contributed by atoms with Crippen molar-refractivity contribution in [3.8, 4) is 0 Å². The highest BCUT2D eigenvalue weighted by Gasteiger charge is 2.39. The predicted octanol–water partition coefficient (Wildman–Crippen LogP) is 1.19. The van der Waals surface area contributed by atoms with E-state index in [-0.39, 0.29) is 18.5 Å². The standard InChI is InChI=1S/C12H15NO3/c1-8-10(7-14)9-4-2-3-5-11(9)13(8)6-12(15)16/h2-3,7,9,11H,4-6H2,1H3,(H,15,16). The Morgan fingerprint density at radius 1 is 1.56 bits per heavy atom. The number of rotatable bonds is 3. The van der Waals surface area contributed by atoms with Crippen molar-refractivity contribution < 1.29 is 14.7 Å². The monoisotopic (exact) mass is 221 g/mol. The van der Waals surface area contributed by atoms with Crippen LogP contribution in [0.4, 0.5) is 0 Å². The molecule has 2 rings (SSSR count). The van der Waals surface area contributed by atoms with Gasteiger partial charge in [0.25, 0.3) is 0 Å². The van der Waals surface area contributed by atoms with E-state index in [0.717, 1.165) is 30.4 Å². The molecule has 0 amide bonds. The second kappa shape index (κ2) is 4.12. The zero-order valence-electron chi connectivity index (χ0n) is 9.22. The predicted molar refractivity (Wildman–Crippen MR) is 58.8 cm³/mol. The maximum Gasteiger partial charge on any atom is 0.323 e. The molecule has 0 saturated carbocycles. The smallest absolute Gasteiger partial charge is 0.323 e. The van der Waals surface area contributed by atoms with E-state index in [1.54, 1.807) is 0 Å². The van der Waals surface area contributed by atoms with Gasteiger partial charge in [0.2, 0.25) is 0 Å². The Morgan fingerprint density at radius 3 is 2.88 bits per heavy atom. The quantitative estimate of drug-likeness (QED) is 0.574. The van der Waals surface area contributed by atoms with Crippen LogP contribution < -0.4 is 0 Å². The molecule has 2 atom stereocenters. The lowest BCUT2D eigenvalue weighted by Gasteiger charge is -2.31. The molecule has 0 saturated heterocycles. The van der Waals surface area contributed by atoms with E-state index in [9.17, 15) is 9.59 Å². The highest BCUT2D eigenvalue weighted by atomic mass is 16.4. The molecular formula is C12H15NO3. The van der Waals surface area contributed by atoms with Gasteiger partial charge in [0.15, 0.2) is 0 Å². The zero-order valence-corrected chi connectivity index (χ0v) is 9.22. The van der Waals surface area contributed by atoms with Crippen molar-refractivity contribution in [1.29, 1.82) is 0 Å². The largest absolute Gasteiger partial charge is 0.480 e. The number of carboxylic acids is 1. The third kappa shape index (κ3) is 1.64. The van der Waals surface area contributed by atoms with E-state index in [2.05, 4.69) is 12.2 Å².